The molecule has 28 heavy (non-hydrogen) atoms. The summed E-state index contributed by atoms with van der Waals surface area (Å²) in [6, 6.07) is 18.0. The third-order valence-electron chi connectivity index (χ3n) is 3.89. The highest BCUT2D eigenvalue weighted by Crippen LogP contribution is 2.21. The van der Waals surface area contributed by atoms with Gasteiger partial charge in [0.1, 0.15) is 12.4 Å². The number of pyridine rings is 2. The Bertz CT molecular complexity index is 1070. The van der Waals surface area contributed by atoms with Gasteiger partial charge >= 0.3 is 0 Å². The van der Waals surface area contributed by atoms with E-state index in [1.165, 1.54) is 0 Å². The lowest BCUT2D eigenvalue weighted by molar-refractivity contribution is 0.101. The first-order valence-electron chi connectivity index (χ1n) is 8.59. The molecule has 3 aromatic heterocycles. The number of carbonyl (C=O) groups excluding carboxylic acids is 1. The lowest BCUT2D eigenvalue weighted by atomic mass is 10.2. The van der Waals surface area contributed by atoms with Crippen LogP contribution in [0.2, 0.25) is 0 Å². The molecule has 0 saturated carbocycles. The van der Waals surface area contributed by atoms with Crippen molar-refractivity contribution in [1.29, 1.82) is 0 Å². The molecule has 0 spiro atoms. The summed E-state index contributed by atoms with van der Waals surface area (Å²) in [4.78, 5) is 20.7. The molecule has 3 heterocycles. The summed E-state index contributed by atoms with van der Waals surface area (Å²) < 4.78 is 11.0. The van der Waals surface area contributed by atoms with Gasteiger partial charge in [-0.15, -0.1) is 0 Å². The SMILES string of the molecule is O=C(Nc1cccc(OCc2ccccn2)c1)c1cc(-c2cccnc2)on1. The molecule has 7 heteroatoms. The van der Waals surface area contributed by atoms with E-state index in [1.807, 2.05) is 30.3 Å². The third-order valence-corrected chi connectivity index (χ3v) is 3.89. The fourth-order valence-corrected chi connectivity index (χ4v) is 2.53. The van der Waals surface area contributed by atoms with Crippen LogP contribution in [0.1, 0.15) is 16.2 Å². The Morgan fingerprint density at radius 2 is 2.00 bits per heavy atom. The molecular formula is C21H16N4O3. The summed E-state index contributed by atoms with van der Waals surface area (Å²) in [6.07, 6.45) is 5.02. The number of hydrogen-bond donors (Lipinski definition) is 1. The molecule has 0 aliphatic rings. The van der Waals surface area contributed by atoms with E-state index in [2.05, 4.69) is 20.4 Å². The molecule has 0 bridgehead atoms. The Balaban J connectivity index is 1.41. The molecule has 4 aromatic rings. The highest BCUT2D eigenvalue weighted by atomic mass is 16.5. The van der Waals surface area contributed by atoms with Crippen LogP contribution in [-0.4, -0.2) is 21.0 Å². The van der Waals surface area contributed by atoms with Crippen molar-refractivity contribution in [2.24, 2.45) is 0 Å². The topological polar surface area (TPSA) is 90.1 Å². The molecule has 0 fully saturated rings. The van der Waals surface area contributed by atoms with Crippen LogP contribution >= 0.6 is 0 Å². The summed E-state index contributed by atoms with van der Waals surface area (Å²) in [6.45, 7) is 0.343. The summed E-state index contributed by atoms with van der Waals surface area (Å²) in [5, 5.41) is 6.62. The third kappa shape index (κ3) is 4.21. The number of ether oxygens (including phenoxy) is 1. The van der Waals surface area contributed by atoms with E-state index < -0.39 is 0 Å². The van der Waals surface area contributed by atoms with Crippen molar-refractivity contribution < 1.29 is 14.1 Å². The summed E-state index contributed by atoms with van der Waals surface area (Å²) >= 11 is 0. The van der Waals surface area contributed by atoms with Gasteiger partial charge in [0.2, 0.25) is 0 Å². The van der Waals surface area contributed by atoms with Crippen LogP contribution in [0.5, 0.6) is 5.75 Å². The van der Waals surface area contributed by atoms with Gasteiger partial charge < -0.3 is 14.6 Å². The first-order chi connectivity index (χ1) is 13.8. The fraction of sp³-hybridized carbons (Fsp3) is 0.0476. The first kappa shape index (κ1) is 17.4. The van der Waals surface area contributed by atoms with Gasteiger partial charge in [-0.1, -0.05) is 17.3 Å². The standard InChI is InChI=1S/C21H16N4O3/c26-21(19-12-20(28-25-19)15-5-4-9-22-13-15)24-16-7-3-8-18(11-16)27-14-17-6-1-2-10-23-17/h1-13H,14H2,(H,24,26). The van der Waals surface area contributed by atoms with Gasteiger partial charge in [-0.2, -0.15) is 0 Å². The maximum absolute atomic E-state index is 12.4. The van der Waals surface area contributed by atoms with Crippen LogP contribution in [0.25, 0.3) is 11.3 Å². The van der Waals surface area contributed by atoms with Crippen molar-refractivity contribution in [3.05, 3.63) is 90.6 Å². The minimum Gasteiger partial charge on any atom is -0.487 e. The van der Waals surface area contributed by atoms with E-state index in [0.29, 0.717) is 23.8 Å². The Morgan fingerprint density at radius 1 is 1.04 bits per heavy atom. The summed E-state index contributed by atoms with van der Waals surface area (Å²) in [5.41, 5.74) is 2.34. The van der Waals surface area contributed by atoms with Gasteiger partial charge in [0.25, 0.3) is 5.91 Å². The second-order valence-electron chi connectivity index (χ2n) is 5.91. The smallest absolute Gasteiger partial charge is 0.277 e. The molecule has 138 valence electrons. The number of amides is 1. The molecule has 1 N–H and O–H groups in total. The number of carbonyl (C=O) groups is 1. The van der Waals surface area contributed by atoms with E-state index in [9.17, 15) is 4.79 Å². The van der Waals surface area contributed by atoms with E-state index >= 15 is 0 Å². The van der Waals surface area contributed by atoms with Crippen LogP contribution in [0.3, 0.4) is 0 Å². The van der Waals surface area contributed by atoms with Crippen molar-refractivity contribution in [2.45, 2.75) is 6.61 Å². The maximum atomic E-state index is 12.4. The van der Waals surface area contributed by atoms with Crippen molar-refractivity contribution in [2.75, 3.05) is 5.32 Å². The van der Waals surface area contributed by atoms with Gasteiger partial charge in [-0.25, -0.2) is 0 Å². The minimum absolute atomic E-state index is 0.179. The van der Waals surface area contributed by atoms with Gasteiger partial charge in [-0.05, 0) is 36.4 Å². The zero-order valence-electron chi connectivity index (χ0n) is 14.8. The van der Waals surface area contributed by atoms with Gasteiger partial charge in [0.05, 0.1) is 5.69 Å². The number of rotatable bonds is 6. The highest BCUT2D eigenvalue weighted by Gasteiger charge is 2.14. The van der Waals surface area contributed by atoms with Crippen molar-refractivity contribution in [1.82, 2.24) is 15.1 Å². The Labute approximate surface area is 161 Å². The molecular weight excluding hydrogens is 356 g/mol. The highest BCUT2D eigenvalue weighted by molar-refractivity contribution is 6.03. The van der Waals surface area contributed by atoms with Crippen LogP contribution in [-0.2, 0) is 6.61 Å². The van der Waals surface area contributed by atoms with Crippen molar-refractivity contribution in [3.63, 3.8) is 0 Å². The second-order valence-corrected chi connectivity index (χ2v) is 5.91. The van der Waals surface area contributed by atoms with Crippen LogP contribution in [0.4, 0.5) is 5.69 Å². The normalized spacial score (nSPS) is 10.4. The molecule has 0 aliphatic heterocycles. The van der Waals surface area contributed by atoms with Gasteiger partial charge in [0, 0.05) is 42.0 Å². The zero-order valence-corrected chi connectivity index (χ0v) is 14.8. The fourth-order valence-electron chi connectivity index (χ4n) is 2.53. The lowest BCUT2D eigenvalue weighted by Gasteiger charge is -2.08. The van der Waals surface area contributed by atoms with Crippen LogP contribution in [0, 0.1) is 0 Å². The van der Waals surface area contributed by atoms with Crippen molar-refractivity contribution in [3.8, 4) is 17.1 Å². The summed E-state index contributed by atoms with van der Waals surface area (Å²) in [7, 11) is 0. The molecule has 7 nitrogen and oxygen atoms in total. The first-order valence-corrected chi connectivity index (χ1v) is 8.59. The van der Waals surface area contributed by atoms with Gasteiger partial charge in [-0.3, -0.25) is 14.8 Å². The Hall–Kier alpha value is -4.00. The van der Waals surface area contributed by atoms with Crippen LogP contribution < -0.4 is 10.1 Å². The second kappa shape index (κ2) is 8.13. The molecule has 1 amide bonds. The number of aromatic nitrogens is 3. The molecule has 0 atom stereocenters. The van der Waals surface area contributed by atoms with Gasteiger partial charge in [0.15, 0.2) is 11.5 Å². The number of benzene rings is 1. The predicted octanol–water partition coefficient (Wildman–Crippen LogP) is 3.96. The van der Waals surface area contributed by atoms with E-state index in [-0.39, 0.29) is 11.6 Å². The molecule has 0 saturated heterocycles. The summed E-state index contributed by atoms with van der Waals surface area (Å²) in [5.74, 6) is 0.728. The lowest BCUT2D eigenvalue weighted by Crippen LogP contribution is -2.12. The maximum Gasteiger partial charge on any atom is 0.277 e. The van der Waals surface area contributed by atoms with Crippen molar-refractivity contribution >= 4 is 11.6 Å². The minimum atomic E-state index is -0.374. The average molecular weight is 372 g/mol. The zero-order chi connectivity index (χ0) is 19.2. The van der Waals surface area contributed by atoms with E-state index in [1.54, 1.807) is 48.9 Å². The van der Waals surface area contributed by atoms with E-state index in [0.717, 1.165) is 11.3 Å². The molecule has 0 aliphatic carbocycles. The number of hydrogen-bond acceptors (Lipinski definition) is 6. The molecule has 0 unspecified atom stereocenters. The van der Waals surface area contributed by atoms with E-state index in [4.69, 9.17) is 9.26 Å². The largest absolute Gasteiger partial charge is 0.487 e. The number of nitrogens with one attached hydrogen (secondary N) is 1. The predicted molar refractivity (Wildman–Crippen MR) is 103 cm³/mol. The monoisotopic (exact) mass is 372 g/mol. The average Bonchev–Trinajstić information content (AvgIpc) is 3.25. The molecule has 1 aromatic carbocycles. The molecule has 4 rings (SSSR count). The Morgan fingerprint density at radius 3 is 2.82 bits per heavy atom. The number of anilines is 1. The quantitative estimate of drug-likeness (QED) is 0.551. The number of nitrogens with zero attached hydrogens (tertiary/aromatic N) is 3. The molecule has 0 radical (unpaired) electrons. The Kier molecular flexibility index (Phi) is 5.06. The van der Waals surface area contributed by atoms with Crippen LogP contribution in [0.15, 0.2) is 83.8 Å².